The third-order valence-corrected chi connectivity index (χ3v) is 2.86. The molecule has 2 rings (SSSR count). The van der Waals surface area contributed by atoms with Crippen LogP contribution in [0.2, 0.25) is 8.67 Å². The molecule has 2 aromatic heterocycles. The van der Waals surface area contributed by atoms with E-state index in [0.717, 1.165) is 5.56 Å². The van der Waals surface area contributed by atoms with Crippen molar-refractivity contribution in [3.8, 4) is 11.3 Å². The number of thiophene rings is 1. The van der Waals surface area contributed by atoms with Crippen LogP contribution in [0.4, 0.5) is 0 Å². The van der Waals surface area contributed by atoms with E-state index < -0.39 is 0 Å². The average Bonchev–Trinajstić information content (AvgIpc) is 2.58. The second-order valence-electron chi connectivity index (χ2n) is 2.12. The summed E-state index contributed by atoms with van der Waals surface area (Å²) >= 11 is 13.0. The second-order valence-corrected chi connectivity index (χ2v) is 4.41. The number of halogens is 2. The molecule has 12 heavy (non-hydrogen) atoms. The molecule has 0 unspecified atom stereocenters. The summed E-state index contributed by atoms with van der Waals surface area (Å²) < 4.78 is 5.97. The summed E-state index contributed by atoms with van der Waals surface area (Å²) in [4.78, 5) is 0. The SMILES string of the molecule is Clc1cc(-c2ccon2)c(Cl)s1. The van der Waals surface area contributed by atoms with E-state index in [0.29, 0.717) is 14.4 Å². The molecule has 0 fully saturated rings. The predicted molar refractivity (Wildman–Crippen MR) is 49.8 cm³/mol. The van der Waals surface area contributed by atoms with Crippen LogP contribution in [-0.4, -0.2) is 5.16 Å². The van der Waals surface area contributed by atoms with Crippen molar-refractivity contribution in [1.82, 2.24) is 5.16 Å². The number of rotatable bonds is 1. The standard InChI is InChI=1S/C7H3Cl2NOS/c8-6-3-4(7(9)12-6)5-1-2-11-10-5/h1-3H. The zero-order valence-corrected chi connectivity index (χ0v) is 8.08. The van der Waals surface area contributed by atoms with E-state index >= 15 is 0 Å². The fourth-order valence-corrected chi connectivity index (χ4v) is 2.35. The van der Waals surface area contributed by atoms with Gasteiger partial charge in [-0.05, 0) is 6.07 Å². The van der Waals surface area contributed by atoms with E-state index in [1.54, 1.807) is 12.1 Å². The molecule has 0 N–H and O–H groups in total. The fraction of sp³-hybridized carbons (Fsp3) is 0. The lowest BCUT2D eigenvalue weighted by atomic mass is 10.2. The van der Waals surface area contributed by atoms with Crippen LogP contribution in [0.3, 0.4) is 0 Å². The number of aromatic nitrogens is 1. The van der Waals surface area contributed by atoms with Crippen molar-refractivity contribution in [2.45, 2.75) is 0 Å². The Balaban J connectivity index is 2.54. The van der Waals surface area contributed by atoms with E-state index in [1.807, 2.05) is 0 Å². The first kappa shape index (κ1) is 8.10. The maximum Gasteiger partial charge on any atom is 0.124 e. The van der Waals surface area contributed by atoms with Gasteiger partial charge >= 0.3 is 0 Å². The normalized spacial score (nSPS) is 10.5. The molecule has 0 aromatic carbocycles. The van der Waals surface area contributed by atoms with Crippen molar-refractivity contribution >= 4 is 34.5 Å². The highest BCUT2D eigenvalue weighted by molar-refractivity contribution is 7.20. The molecule has 0 saturated heterocycles. The fourth-order valence-electron chi connectivity index (χ4n) is 0.866. The lowest BCUT2D eigenvalue weighted by Crippen LogP contribution is -1.70. The van der Waals surface area contributed by atoms with Gasteiger partial charge in [0.2, 0.25) is 0 Å². The third kappa shape index (κ3) is 1.35. The molecule has 0 aliphatic heterocycles. The van der Waals surface area contributed by atoms with Crippen LogP contribution in [-0.2, 0) is 0 Å². The van der Waals surface area contributed by atoms with Crippen molar-refractivity contribution in [3.05, 3.63) is 27.1 Å². The van der Waals surface area contributed by atoms with Gasteiger partial charge in [0.25, 0.3) is 0 Å². The quantitative estimate of drug-likeness (QED) is 0.732. The van der Waals surface area contributed by atoms with Gasteiger partial charge in [0, 0.05) is 11.6 Å². The molecule has 2 aromatic rings. The summed E-state index contributed by atoms with van der Waals surface area (Å²) in [7, 11) is 0. The van der Waals surface area contributed by atoms with Gasteiger partial charge in [-0.15, -0.1) is 11.3 Å². The molecule has 0 bridgehead atoms. The van der Waals surface area contributed by atoms with Crippen LogP contribution in [0.5, 0.6) is 0 Å². The van der Waals surface area contributed by atoms with E-state index in [9.17, 15) is 0 Å². The largest absolute Gasteiger partial charge is 0.364 e. The molecular weight excluding hydrogens is 217 g/mol. The Morgan fingerprint density at radius 3 is 2.75 bits per heavy atom. The van der Waals surface area contributed by atoms with Gasteiger partial charge in [-0.25, -0.2) is 0 Å². The Bertz CT molecular complexity index is 382. The van der Waals surface area contributed by atoms with Gasteiger partial charge in [-0.3, -0.25) is 0 Å². The molecule has 0 aliphatic carbocycles. The minimum Gasteiger partial charge on any atom is -0.364 e. The summed E-state index contributed by atoms with van der Waals surface area (Å²) in [5.74, 6) is 0. The monoisotopic (exact) mass is 219 g/mol. The van der Waals surface area contributed by atoms with Gasteiger partial charge in [0.15, 0.2) is 0 Å². The van der Waals surface area contributed by atoms with E-state index in [4.69, 9.17) is 23.2 Å². The Kier molecular flexibility index (Phi) is 2.09. The van der Waals surface area contributed by atoms with Crippen LogP contribution in [0, 0.1) is 0 Å². The molecule has 2 heterocycles. The maximum atomic E-state index is 5.89. The van der Waals surface area contributed by atoms with Crippen LogP contribution >= 0.6 is 34.5 Å². The molecular formula is C7H3Cl2NOS. The molecule has 0 radical (unpaired) electrons. The smallest absolute Gasteiger partial charge is 0.124 e. The Morgan fingerprint density at radius 1 is 1.42 bits per heavy atom. The summed E-state index contributed by atoms with van der Waals surface area (Å²) in [6, 6.07) is 3.51. The Morgan fingerprint density at radius 2 is 2.25 bits per heavy atom. The van der Waals surface area contributed by atoms with E-state index in [2.05, 4.69) is 9.68 Å². The second kappa shape index (κ2) is 3.09. The minimum atomic E-state index is 0.633. The Hall–Kier alpha value is -0.510. The highest BCUT2D eigenvalue weighted by atomic mass is 35.5. The lowest BCUT2D eigenvalue weighted by Gasteiger charge is -1.87. The van der Waals surface area contributed by atoms with Gasteiger partial charge in [-0.2, -0.15) is 0 Å². The maximum absolute atomic E-state index is 5.89. The highest BCUT2D eigenvalue weighted by Gasteiger charge is 2.09. The number of hydrogen-bond acceptors (Lipinski definition) is 3. The van der Waals surface area contributed by atoms with Crippen molar-refractivity contribution in [1.29, 1.82) is 0 Å². The molecule has 62 valence electrons. The first-order valence-corrected chi connectivity index (χ1v) is 4.70. The van der Waals surface area contributed by atoms with Gasteiger partial charge in [0.1, 0.15) is 16.3 Å². The molecule has 2 nitrogen and oxygen atoms in total. The molecule has 0 aliphatic rings. The summed E-state index contributed by atoms with van der Waals surface area (Å²) in [5, 5.41) is 3.75. The van der Waals surface area contributed by atoms with Crippen LogP contribution in [0.25, 0.3) is 11.3 Å². The zero-order chi connectivity index (χ0) is 8.55. The number of hydrogen-bond donors (Lipinski definition) is 0. The van der Waals surface area contributed by atoms with Crippen LogP contribution in [0.15, 0.2) is 22.9 Å². The molecule has 0 atom stereocenters. The van der Waals surface area contributed by atoms with Crippen molar-refractivity contribution in [2.24, 2.45) is 0 Å². The highest BCUT2D eigenvalue weighted by Crippen LogP contribution is 2.37. The van der Waals surface area contributed by atoms with E-state index in [1.165, 1.54) is 17.6 Å². The van der Waals surface area contributed by atoms with Gasteiger partial charge in [-0.1, -0.05) is 28.4 Å². The molecule has 0 spiro atoms. The Labute approximate surface area is 82.7 Å². The number of nitrogens with zero attached hydrogens (tertiary/aromatic N) is 1. The van der Waals surface area contributed by atoms with Crippen molar-refractivity contribution < 1.29 is 4.52 Å². The van der Waals surface area contributed by atoms with Gasteiger partial charge in [0.05, 0.1) is 4.34 Å². The van der Waals surface area contributed by atoms with Crippen LogP contribution in [0.1, 0.15) is 0 Å². The average molecular weight is 220 g/mol. The third-order valence-electron chi connectivity index (χ3n) is 1.37. The molecule has 0 amide bonds. The lowest BCUT2D eigenvalue weighted by molar-refractivity contribution is 0.422. The molecule has 0 saturated carbocycles. The summed E-state index contributed by atoms with van der Waals surface area (Å²) in [5.41, 5.74) is 1.53. The van der Waals surface area contributed by atoms with E-state index in [-0.39, 0.29) is 0 Å². The van der Waals surface area contributed by atoms with Crippen molar-refractivity contribution in [3.63, 3.8) is 0 Å². The summed E-state index contributed by atoms with van der Waals surface area (Å²) in [6.45, 7) is 0. The first-order valence-electron chi connectivity index (χ1n) is 3.13. The first-order chi connectivity index (χ1) is 5.77. The van der Waals surface area contributed by atoms with Gasteiger partial charge < -0.3 is 4.52 Å². The topological polar surface area (TPSA) is 26.0 Å². The minimum absolute atomic E-state index is 0.633. The predicted octanol–water partition coefficient (Wildman–Crippen LogP) is 3.71. The summed E-state index contributed by atoms with van der Waals surface area (Å²) in [6.07, 6.45) is 1.50. The van der Waals surface area contributed by atoms with Crippen LogP contribution < -0.4 is 0 Å². The zero-order valence-electron chi connectivity index (χ0n) is 5.75. The van der Waals surface area contributed by atoms with Crippen molar-refractivity contribution in [2.75, 3.05) is 0 Å². The molecule has 5 heteroatoms.